The van der Waals surface area contributed by atoms with Gasteiger partial charge in [-0.15, -0.1) is 5.10 Å². The molecule has 0 aliphatic carbocycles. The lowest BCUT2D eigenvalue weighted by Crippen LogP contribution is -2.37. The summed E-state index contributed by atoms with van der Waals surface area (Å²) in [6.45, 7) is 2.84. The summed E-state index contributed by atoms with van der Waals surface area (Å²) in [6.07, 6.45) is 0. The molecule has 0 saturated heterocycles. The van der Waals surface area contributed by atoms with Crippen molar-refractivity contribution in [2.45, 2.75) is 19.4 Å². The number of hydrogen-bond donors (Lipinski definition) is 2. The molecule has 0 bridgehead atoms. The van der Waals surface area contributed by atoms with E-state index in [9.17, 15) is 19.8 Å². The van der Waals surface area contributed by atoms with Crippen LogP contribution in [0.1, 0.15) is 24.3 Å². The normalized spacial score (nSPS) is 11.2. The first-order valence-corrected chi connectivity index (χ1v) is 6.36. The highest BCUT2D eigenvalue weighted by molar-refractivity contribution is 5.93. The summed E-state index contributed by atoms with van der Waals surface area (Å²) < 4.78 is 6.15. The Kier molecular flexibility index (Phi) is 3.85. The number of carbonyl (C=O) groups is 2. The van der Waals surface area contributed by atoms with Gasteiger partial charge in [0.05, 0.1) is 7.11 Å². The summed E-state index contributed by atoms with van der Waals surface area (Å²) in [5, 5.41) is 25.9. The lowest BCUT2D eigenvalue weighted by atomic mass is 10.0. The Labute approximate surface area is 125 Å². The van der Waals surface area contributed by atoms with Gasteiger partial charge in [0.15, 0.2) is 11.2 Å². The second kappa shape index (κ2) is 5.47. The lowest BCUT2D eigenvalue weighted by molar-refractivity contribution is -0.146. The van der Waals surface area contributed by atoms with Crippen LogP contribution in [0, 0.1) is 0 Å². The van der Waals surface area contributed by atoms with Crippen LogP contribution in [-0.4, -0.2) is 44.3 Å². The molecule has 1 aromatic heterocycles. The molecule has 1 aromatic carbocycles. The first kappa shape index (κ1) is 15.5. The number of methoxy groups -OCH3 is 1. The van der Waals surface area contributed by atoms with Crippen molar-refractivity contribution >= 4 is 11.9 Å². The number of benzene rings is 1. The van der Waals surface area contributed by atoms with Crippen LogP contribution in [0.5, 0.6) is 5.75 Å². The topological polar surface area (TPSA) is 115 Å². The van der Waals surface area contributed by atoms with Gasteiger partial charge in [-0.1, -0.05) is 5.21 Å². The van der Waals surface area contributed by atoms with Crippen molar-refractivity contribution in [1.29, 1.82) is 0 Å². The van der Waals surface area contributed by atoms with E-state index in [2.05, 4.69) is 10.3 Å². The zero-order valence-corrected chi connectivity index (χ0v) is 12.3. The number of ether oxygens (including phenoxy) is 1. The first-order chi connectivity index (χ1) is 10.3. The third kappa shape index (κ3) is 2.50. The van der Waals surface area contributed by atoms with Crippen LogP contribution < -0.4 is 4.74 Å². The van der Waals surface area contributed by atoms with Crippen LogP contribution in [0.2, 0.25) is 0 Å². The Hall–Kier alpha value is -2.90. The van der Waals surface area contributed by atoms with Gasteiger partial charge in [-0.2, -0.15) is 0 Å². The molecule has 0 radical (unpaired) electrons. The minimum absolute atomic E-state index is 0.127. The Balaban J connectivity index is 2.68. The second-order valence-electron chi connectivity index (χ2n) is 5.10. The third-order valence-electron chi connectivity index (χ3n) is 3.29. The third-order valence-corrected chi connectivity index (χ3v) is 3.29. The van der Waals surface area contributed by atoms with Crippen LogP contribution >= 0.6 is 0 Å². The number of nitrogens with zero attached hydrogens (tertiary/aromatic N) is 3. The molecule has 22 heavy (non-hydrogen) atoms. The van der Waals surface area contributed by atoms with Gasteiger partial charge in [0.2, 0.25) is 0 Å². The fourth-order valence-electron chi connectivity index (χ4n) is 1.92. The van der Waals surface area contributed by atoms with Crippen molar-refractivity contribution in [2.24, 2.45) is 0 Å². The lowest BCUT2D eigenvalue weighted by Gasteiger charge is -2.21. The average molecular weight is 305 g/mol. The van der Waals surface area contributed by atoms with Crippen molar-refractivity contribution in [3.8, 4) is 17.0 Å². The van der Waals surface area contributed by atoms with E-state index in [1.54, 1.807) is 24.3 Å². The van der Waals surface area contributed by atoms with E-state index in [4.69, 9.17) is 4.74 Å². The number of aromatic carboxylic acids is 1. The van der Waals surface area contributed by atoms with Gasteiger partial charge in [-0.25, -0.2) is 14.3 Å². The molecule has 2 aromatic rings. The number of hydrogen-bond acceptors (Lipinski definition) is 5. The molecule has 2 rings (SSSR count). The largest absolute Gasteiger partial charge is 0.497 e. The molecule has 1 heterocycles. The molecule has 8 nitrogen and oxygen atoms in total. The highest BCUT2D eigenvalue weighted by Gasteiger charge is 2.35. The minimum atomic E-state index is -1.45. The predicted molar refractivity (Wildman–Crippen MR) is 75.9 cm³/mol. The predicted octanol–water partition coefficient (Wildman–Crippen LogP) is 1.47. The molecule has 0 aliphatic rings. The molecule has 0 spiro atoms. The second-order valence-corrected chi connectivity index (χ2v) is 5.10. The van der Waals surface area contributed by atoms with Crippen LogP contribution in [0.3, 0.4) is 0 Å². The molecule has 116 valence electrons. The summed E-state index contributed by atoms with van der Waals surface area (Å²) in [6, 6.07) is 6.54. The highest BCUT2D eigenvalue weighted by atomic mass is 16.5. The van der Waals surface area contributed by atoms with Crippen LogP contribution in [0.4, 0.5) is 0 Å². The van der Waals surface area contributed by atoms with Gasteiger partial charge in [-0.05, 0) is 38.1 Å². The van der Waals surface area contributed by atoms with Gasteiger partial charge in [0.1, 0.15) is 11.4 Å². The molecule has 2 N–H and O–H groups in total. The van der Waals surface area contributed by atoms with Gasteiger partial charge in [0, 0.05) is 5.56 Å². The molecule has 0 saturated carbocycles. The minimum Gasteiger partial charge on any atom is -0.497 e. The Morgan fingerprint density at radius 2 is 1.77 bits per heavy atom. The van der Waals surface area contributed by atoms with Gasteiger partial charge >= 0.3 is 11.9 Å². The smallest absolute Gasteiger partial charge is 0.358 e. The van der Waals surface area contributed by atoms with Crippen molar-refractivity contribution < 1.29 is 24.5 Å². The molecule has 0 aliphatic heterocycles. The quantitative estimate of drug-likeness (QED) is 0.859. The number of aliphatic carboxylic acids is 1. The van der Waals surface area contributed by atoms with E-state index in [-0.39, 0.29) is 11.4 Å². The monoisotopic (exact) mass is 305 g/mol. The van der Waals surface area contributed by atoms with Crippen LogP contribution in [0.15, 0.2) is 24.3 Å². The molecule has 0 atom stereocenters. The molecule has 8 heteroatoms. The van der Waals surface area contributed by atoms with E-state index >= 15 is 0 Å². The Morgan fingerprint density at radius 1 is 1.18 bits per heavy atom. The Morgan fingerprint density at radius 3 is 2.23 bits per heavy atom. The highest BCUT2D eigenvalue weighted by Crippen LogP contribution is 2.29. The summed E-state index contributed by atoms with van der Waals surface area (Å²) >= 11 is 0. The maximum atomic E-state index is 11.4. The number of rotatable bonds is 5. The average Bonchev–Trinajstić information content (AvgIpc) is 2.92. The van der Waals surface area contributed by atoms with Gasteiger partial charge in [-0.3, -0.25) is 0 Å². The number of aromatic nitrogens is 3. The van der Waals surface area contributed by atoms with E-state index in [0.29, 0.717) is 11.3 Å². The fraction of sp³-hybridized carbons (Fsp3) is 0.286. The Bertz CT molecular complexity index is 719. The van der Waals surface area contributed by atoms with E-state index in [0.717, 1.165) is 4.68 Å². The van der Waals surface area contributed by atoms with Gasteiger partial charge < -0.3 is 14.9 Å². The van der Waals surface area contributed by atoms with Crippen LogP contribution in [-0.2, 0) is 10.3 Å². The fourth-order valence-corrected chi connectivity index (χ4v) is 1.92. The summed E-state index contributed by atoms with van der Waals surface area (Å²) in [4.78, 5) is 22.8. The number of carboxylic acid groups (broad SMARTS) is 2. The van der Waals surface area contributed by atoms with E-state index in [1.165, 1.54) is 21.0 Å². The van der Waals surface area contributed by atoms with Crippen molar-refractivity contribution in [3.05, 3.63) is 30.0 Å². The molecule has 0 unspecified atom stereocenters. The molecule has 0 fully saturated rings. The maximum absolute atomic E-state index is 11.4. The summed E-state index contributed by atoms with van der Waals surface area (Å²) in [5.41, 5.74) is -1.14. The molecular weight excluding hydrogens is 290 g/mol. The van der Waals surface area contributed by atoms with E-state index < -0.39 is 17.5 Å². The van der Waals surface area contributed by atoms with E-state index in [1.807, 2.05) is 0 Å². The molecular formula is C14H15N3O5. The maximum Gasteiger partial charge on any atom is 0.358 e. The van der Waals surface area contributed by atoms with Crippen LogP contribution in [0.25, 0.3) is 11.3 Å². The summed E-state index contributed by atoms with van der Waals surface area (Å²) in [7, 11) is 1.51. The van der Waals surface area contributed by atoms with Crippen molar-refractivity contribution in [1.82, 2.24) is 15.0 Å². The van der Waals surface area contributed by atoms with Crippen molar-refractivity contribution in [2.75, 3.05) is 7.11 Å². The van der Waals surface area contributed by atoms with Crippen molar-refractivity contribution in [3.63, 3.8) is 0 Å². The first-order valence-electron chi connectivity index (χ1n) is 6.36. The zero-order valence-electron chi connectivity index (χ0n) is 12.3. The standard InChI is InChI=1S/C14H15N3O5/c1-14(2,13(20)21)17-11(10(12(18)19)15-16-17)8-4-6-9(22-3)7-5-8/h4-7H,1-3H3,(H,18,19)(H,20,21). The van der Waals surface area contributed by atoms with Gasteiger partial charge in [0.25, 0.3) is 0 Å². The number of carboxylic acids is 2. The molecule has 0 amide bonds. The summed E-state index contributed by atoms with van der Waals surface area (Å²) in [5.74, 6) is -1.83. The SMILES string of the molecule is COc1ccc(-c2c(C(=O)O)nnn2C(C)(C)C(=O)O)cc1. The zero-order chi connectivity index (χ0) is 16.5.